The third-order valence-corrected chi connectivity index (χ3v) is 3.66. The van der Waals surface area contributed by atoms with Crippen LogP contribution in [0.2, 0.25) is 5.02 Å². The number of aliphatic carboxylic acids is 1. The van der Waals surface area contributed by atoms with Crippen molar-refractivity contribution in [2.45, 2.75) is 26.7 Å². The molecule has 0 aliphatic heterocycles. The van der Waals surface area contributed by atoms with E-state index in [1.54, 1.807) is 31.2 Å². The molecule has 0 spiro atoms. The standard InChI is InChI=1S/C13H15ClO3/c1-8(10-4-6-11(14)7-5-10)13(3,9(2)15)12(16)17/h4-8H,1-3H3,(H,16,17). The van der Waals surface area contributed by atoms with Crippen LogP contribution in [-0.2, 0) is 9.59 Å². The van der Waals surface area contributed by atoms with Gasteiger partial charge in [0.25, 0.3) is 0 Å². The molecule has 17 heavy (non-hydrogen) atoms. The van der Waals surface area contributed by atoms with Gasteiger partial charge >= 0.3 is 5.97 Å². The van der Waals surface area contributed by atoms with Crippen molar-refractivity contribution in [1.82, 2.24) is 0 Å². The van der Waals surface area contributed by atoms with E-state index in [2.05, 4.69) is 0 Å². The summed E-state index contributed by atoms with van der Waals surface area (Å²) in [6, 6.07) is 6.87. The Hall–Kier alpha value is -1.35. The Morgan fingerprint density at radius 3 is 2.12 bits per heavy atom. The van der Waals surface area contributed by atoms with Crippen LogP contribution < -0.4 is 0 Å². The van der Waals surface area contributed by atoms with E-state index in [1.165, 1.54) is 13.8 Å². The number of hydrogen-bond acceptors (Lipinski definition) is 2. The molecule has 0 aromatic heterocycles. The van der Waals surface area contributed by atoms with Gasteiger partial charge in [0, 0.05) is 10.9 Å². The van der Waals surface area contributed by atoms with Crippen molar-refractivity contribution < 1.29 is 14.7 Å². The monoisotopic (exact) mass is 254 g/mol. The van der Waals surface area contributed by atoms with Crippen LogP contribution in [0.25, 0.3) is 0 Å². The molecule has 0 saturated carbocycles. The maximum Gasteiger partial charge on any atom is 0.317 e. The molecule has 1 rings (SSSR count). The lowest BCUT2D eigenvalue weighted by Crippen LogP contribution is -2.39. The Balaban J connectivity index is 3.17. The molecule has 0 amide bonds. The first kappa shape index (κ1) is 13.7. The predicted molar refractivity (Wildman–Crippen MR) is 66.3 cm³/mol. The highest BCUT2D eigenvalue weighted by Gasteiger charge is 2.44. The van der Waals surface area contributed by atoms with Crippen LogP contribution in [0.5, 0.6) is 0 Å². The fourth-order valence-corrected chi connectivity index (χ4v) is 1.85. The Bertz CT molecular complexity index is 422. The quantitative estimate of drug-likeness (QED) is 0.840. The summed E-state index contributed by atoms with van der Waals surface area (Å²) < 4.78 is 0. The molecule has 0 bridgehead atoms. The zero-order valence-electron chi connectivity index (χ0n) is 10.0. The van der Waals surface area contributed by atoms with Gasteiger partial charge in [-0.15, -0.1) is 0 Å². The normalized spacial score (nSPS) is 16.0. The van der Waals surface area contributed by atoms with Gasteiger partial charge in [-0.05, 0) is 31.5 Å². The number of carboxylic acids is 1. The molecule has 1 aromatic rings. The van der Waals surface area contributed by atoms with Crippen molar-refractivity contribution in [3.05, 3.63) is 34.9 Å². The van der Waals surface area contributed by atoms with Gasteiger partial charge in [0.05, 0.1) is 0 Å². The molecule has 0 radical (unpaired) electrons. The van der Waals surface area contributed by atoms with Crippen LogP contribution in [0.1, 0.15) is 32.3 Å². The van der Waals surface area contributed by atoms with Crippen LogP contribution in [0.3, 0.4) is 0 Å². The average molecular weight is 255 g/mol. The summed E-state index contributed by atoms with van der Waals surface area (Å²) in [5.41, 5.74) is -0.622. The van der Waals surface area contributed by atoms with Gasteiger partial charge in [0.2, 0.25) is 0 Å². The van der Waals surface area contributed by atoms with E-state index in [1.807, 2.05) is 0 Å². The molecule has 3 nitrogen and oxygen atoms in total. The van der Waals surface area contributed by atoms with E-state index in [-0.39, 0.29) is 5.78 Å². The van der Waals surface area contributed by atoms with Gasteiger partial charge in [-0.25, -0.2) is 0 Å². The Morgan fingerprint density at radius 2 is 1.76 bits per heavy atom. The van der Waals surface area contributed by atoms with Crippen molar-refractivity contribution in [2.75, 3.05) is 0 Å². The summed E-state index contributed by atoms with van der Waals surface area (Å²) in [5, 5.41) is 9.83. The minimum atomic E-state index is -1.41. The van der Waals surface area contributed by atoms with E-state index in [0.29, 0.717) is 5.02 Å². The molecule has 92 valence electrons. The number of rotatable bonds is 4. The molecule has 0 saturated heterocycles. The van der Waals surface area contributed by atoms with E-state index in [0.717, 1.165) is 5.56 Å². The maximum absolute atomic E-state index is 11.6. The number of Topliss-reactive ketones (excluding diaryl/α,β-unsaturated/α-hetero) is 1. The summed E-state index contributed by atoms with van der Waals surface area (Å²) >= 11 is 5.77. The summed E-state index contributed by atoms with van der Waals surface area (Å²) in [7, 11) is 0. The maximum atomic E-state index is 11.6. The number of ketones is 1. The number of carboxylic acid groups (broad SMARTS) is 1. The highest BCUT2D eigenvalue weighted by molar-refractivity contribution is 6.30. The first-order valence-corrected chi connectivity index (χ1v) is 5.67. The number of hydrogen-bond donors (Lipinski definition) is 1. The topological polar surface area (TPSA) is 54.4 Å². The molecule has 0 heterocycles. The third-order valence-electron chi connectivity index (χ3n) is 3.41. The molecule has 0 aliphatic carbocycles. The van der Waals surface area contributed by atoms with Crippen LogP contribution in [-0.4, -0.2) is 16.9 Å². The van der Waals surface area contributed by atoms with Crippen molar-refractivity contribution >= 4 is 23.4 Å². The largest absolute Gasteiger partial charge is 0.480 e. The first-order chi connectivity index (χ1) is 7.80. The smallest absolute Gasteiger partial charge is 0.317 e. The fraction of sp³-hybridized carbons (Fsp3) is 0.385. The second-order valence-electron chi connectivity index (χ2n) is 4.34. The number of halogens is 1. The summed E-state index contributed by atoms with van der Waals surface area (Å²) in [6.07, 6.45) is 0. The zero-order valence-corrected chi connectivity index (χ0v) is 10.8. The molecule has 0 aliphatic rings. The van der Waals surface area contributed by atoms with Gasteiger partial charge in [0.1, 0.15) is 11.2 Å². The van der Waals surface area contributed by atoms with E-state index < -0.39 is 17.3 Å². The van der Waals surface area contributed by atoms with Crippen molar-refractivity contribution in [2.24, 2.45) is 5.41 Å². The number of benzene rings is 1. The van der Waals surface area contributed by atoms with Crippen LogP contribution in [0, 0.1) is 5.41 Å². The minimum absolute atomic E-state index is 0.354. The van der Waals surface area contributed by atoms with Crippen LogP contribution in [0.15, 0.2) is 24.3 Å². The number of carbonyl (C=O) groups is 2. The van der Waals surface area contributed by atoms with Gasteiger partial charge in [-0.1, -0.05) is 30.7 Å². The molecule has 0 fully saturated rings. The Kier molecular flexibility index (Phi) is 3.94. The second-order valence-corrected chi connectivity index (χ2v) is 4.77. The molecule has 2 atom stereocenters. The molecule has 4 heteroatoms. The van der Waals surface area contributed by atoms with Crippen molar-refractivity contribution in [3.63, 3.8) is 0 Å². The number of carbonyl (C=O) groups excluding carboxylic acids is 1. The lowest BCUT2D eigenvalue weighted by Gasteiger charge is -2.29. The van der Waals surface area contributed by atoms with Crippen LogP contribution >= 0.6 is 11.6 Å². The van der Waals surface area contributed by atoms with Gasteiger partial charge in [-0.3, -0.25) is 9.59 Å². The van der Waals surface area contributed by atoms with Gasteiger partial charge in [-0.2, -0.15) is 0 Å². The zero-order chi connectivity index (χ0) is 13.2. The molecule has 2 unspecified atom stereocenters. The van der Waals surface area contributed by atoms with Crippen molar-refractivity contribution in [1.29, 1.82) is 0 Å². The lowest BCUT2D eigenvalue weighted by molar-refractivity contribution is -0.154. The predicted octanol–water partition coefficient (Wildman–Crippen LogP) is 3.12. The summed E-state index contributed by atoms with van der Waals surface area (Å²) in [6.45, 7) is 4.50. The summed E-state index contributed by atoms with van der Waals surface area (Å²) in [5.74, 6) is -1.87. The van der Waals surface area contributed by atoms with Crippen LogP contribution in [0.4, 0.5) is 0 Å². The molecule has 1 aromatic carbocycles. The SMILES string of the molecule is CC(=O)C(C)(C(=O)O)C(C)c1ccc(Cl)cc1. The highest BCUT2D eigenvalue weighted by atomic mass is 35.5. The van der Waals surface area contributed by atoms with E-state index in [9.17, 15) is 14.7 Å². The summed E-state index contributed by atoms with van der Waals surface area (Å²) in [4.78, 5) is 22.9. The molecular formula is C13H15ClO3. The second kappa shape index (κ2) is 4.88. The third kappa shape index (κ3) is 2.50. The highest BCUT2D eigenvalue weighted by Crippen LogP contribution is 2.37. The van der Waals surface area contributed by atoms with E-state index >= 15 is 0 Å². The average Bonchev–Trinajstić information content (AvgIpc) is 2.27. The molecule has 1 N–H and O–H groups in total. The Labute approximate surface area is 105 Å². The minimum Gasteiger partial charge on any atom is -0.480 e. The molecular weight excluding hydrogens is 240 g/mol. The first-order valence-electron chi connectivity index (χ1n) is 5.30. The lowest BCUT2D eigenvalue weighted by atomic mass is 9.72. The van der Waals surface area contributed by atoms with E-state index in [4.69, 9.17) is 11.6 Å². The van der Waals surface area contributed by atoms with Crippen molar-refractivity contribution in [3.8, 4) is 0 Å². The Morgan fingerprint density at radius 1 is 1.29 bits per heavy atom. The van der Waals surface area contributed by atoms with Gasteiger partial charge < -0.3 is 5.11 Å². The van der Waals surface area contributed by atoms with Gasteiger partial charge in [0.15, 0.2) is 0 Å². The fourth-order valence-electron chi connectivity index (χ4n) is 1.73.